The fourth-order valence-corrected chi connectivity index (χ4v) is 3.49. The number of ether oxygens (including phenoxy) is 1. The van der Waals surface area contributed by atoms with Gasteiger partial charge in [0.05, 0.1) is 12.5 Å². The third-order valence-electron chi connectivity index (χ3n) is 4.66. The van der Waals surface area contributed by atoms with E-state index >= 15 is 0 Å². The zero-order chi connectivity index (χ0) is 19.5. The van der Waals surface area contributed by atoms with E-state index in [1.165, 1.54) is 0 Å². The first-order valence-electron chi connectivity index (χ1n) is 9.00. The standard InChI is InChI=1S/C21H20N2O4S/c1-28-17-5-2-15(3-6-17)22-21(25)19-11-14-10-16(4-7-18(14)27-19)23-20(24)13-8-9-26-12-13/h2-7,10-11,13H,8-9,12H2,1H3,(H,22,25)(H,23,24). The zero-order valence-corrected chi connectivity index (χ0v) is 16.2. The van der Waals surface area contributed by atoms with Crippen LogP contribution in [0.15, 0.2) is 57.8 Å². The first-order valence-corrected chi connectivity index (χ1v) is 10.2. The van der Waals surface area contributed by atoms with Crippen LogP contribution in [0.25, 0.3) is 11.0 Å². The molecule has 2 heterocycles. The van der Waals surface area contributed by atoms with Gasteiger partial charge in [-0.2, -0.15) is 0 Å². The highest BCUT2D eigenvalue weighted by Crippen LogP contribution is 2.25. The van der Waals surface area contributed by atoms with Crippen LogP contribution in [0.1, 0.15) is 17.0 Å². The summed E-state index contributed by atoms with van der Waals surface area (Å²) in [5, 5.41) is 6.48. The normalized spacial score (nSPS) is 16.2. The molecule has 7 heteroatoms. The summed E-state index contributed by atoms with van der Waals surface area (Å²) in [6, 6.07) is 14.6. The monoisotopic (exact) mass is 396 g/mol. The van der Waals surface area contributed by atoms with Gasteiger partial charge >= 0.3 is 0 Å². The molecule has 2 amide bonds. The van der Waals surface area contributed by atoms with Crippen LogP contribution in [0, 0.1) is 5.92 Å². The third kappa shape index (κ3) is 4.05. The van der Waals surface area contributed by atoms with Gasteiger partial charge in [0.2, 0.25) is 5.91 Å². The van der Waals surface area contributed by atoms with Crippen LogP contribution in [0.3, 0.4) is 0 Å². The molecular formula is C21H20N2O4S. The van der Waals surface area contributed by atoms with Gasteiger partial charge in [0.25, 0.3) is 5.91 Å². The Morgan fingerprint density at radius 1 is 1.04 bits per heavy atom. The molecule has 2 aromatic carbocycles. The van der Waals surface area contributed by atoms with E-state index in [4.69, 9.17) is 9.15 Å². The Bertz CT molecular complexity index is 1010. The van der Waals surface area contributed by atoms with E-state index in [1.807, 2.05) is 30.5 Å². The van der Waals surface area contributed by atoms with Crippen molar-refractivity contribution in [2.75, 3.05) is 30.1 Å². The topological polar surface area (TPSA) is 80.6 Å². The lowest BCUT2D eigenvalue weighted by molar-refractivity contribution is -0.119. The number of amides is 2. The van der Waals surface area contributed by atoms with Gasteiger partial charge in [-0.05, 0) is 61.2 Å². The second-order valence-corrected chi connectivity index (χ2v) is 7.48. The average molecular weight is 396 g/mol. The summed E-state index contributed by atoms with van der Waals surface area (Å²) in [6.45, 7) is 1.08. The number of hydrogen-bond acceptors (Lipinski definition) is 5. The van der Waals surface area contributed by atoms with Crippen LogP contribution in [-0.4, -0.2) is 31.3 Å². The molecule has 144 valence electrons. The van der Waals surface area contributed by atoms with Crippen molar-refractivity contribution in [2.45, 2.75) is 11.3 Å². The second-order valence-electron chi connectivity index (χ2n) is 6.60. The highest BCUT2D eigenvalue weighted by molar-refractivity contribution is 7.98. The van der Waals surface area contributed by atoms with Crippen LogP contribution >= 0.6 is 11.8 Å². The van der Waals surface area contributed by atoms with Crippen molar-refractivity contribution in [2.24, 2.45) is 5.92 Å². The number of fused-ring (bicyclic) bond motifs is 1. The quantitative estimate of drug-likeness (QED) is 0.626. The lowest BCUT2D eigenvalue weighted by atomic mass is 10.1. The summed E-state index contributed by atoms with van der Waals surface area (Å²) in [5.74, 6) is -0.260. The lowest BCUT2D eigenvalue weighted by Crippen LogP contribution is -2.22. The van der Waals surface area contributed by atoms with Crippen LogP contribution in [0.2, 0.25) is 0 Å². The minimum Gasteiger partial charge on any atom is -0.451 e. The molecule has 1 unspecified atom stereocenters. The van der Waals surface area contributed by atoms with Gasteiger partial charge in [-0.25, -0.2) is 0 Å². The molecule has 1 aliphatic heterocycles. The van der Waals surface area contributed by atoms with Gasteiger partial charge in [0, 0.05) is 28.3 Å². The molecule has 0 aliphatic carbocycles. The minimum absolute atomic E-state index is 0.0491. The summed E-state index contributed by atoms with van der Waals surface area (Å²) < 4.78 is 10.9. The maximum atomic E-state index is 12.5. The number of carbonyl (C=O) groups is 2. The molecule has 1 saturated heterocycles. The van der Waals surface area contributed by atoms with Crippen molar-refractivity contribution in [1.82, 2.24) is 0 Å². The van der Waals surface area contributed by atoms with Crippen molar-refractivity contribution >= 4 is 45.9 Å². The molecule has 4 rings (SSSR count). The van der Waals surface area contributed by atoms with Gasteiger partial charge < -0.3 is 19.8 Å². The zero-order valence-electron chi connectivity index (χ0n) is 15.4. The Balaban J connectivity index is 1.47. The van der Waals surface area contributed by atoms with E-state index in [-0.39, 0.29) is 23.5 Å². The van der Waals surface area contributed by atoms with Gasteiger partial charge in [-0.15, -0.1) is 11.8 Å². The predicted molar refractivity (Wildman–Crippen MR) is 110 cm³/mol. The number of nitrogens with one attached hydrogen (secondary N) is 2. The minimum atomic E-state index is -0.318. The highest BCUT2D eigenvalue weighted by atomic mass is 32.2. The van der Waals surface area contributed by atoms with Gasteiger partial charge in [0.15, 0.2) is 5.76 Å². The van der Waals surface area contributed by atoms with E-state index in [0.29, 0.717) is 30.2 Å². The van der Waals surface area contributed by atoms with Crippen molar-refractivity contribution in [3.63, 3.8) is 0 Å². The molecule has 0 radical (unpaired) electrons. The molecule has 28 heavy (non-hydrogen) atoms. The number of thioether (sulfide) groups is 1. The molecule has 1 fully saturated rings. The molecular weight excluding hydrogens is 376 g/mol. The lowest BCUT2D eigenvalue weighted by Gasteiger charge is -2.09. The smallest absolute Gasteiger partial charge is 0.291 e. The van der Waals surface area contributed by atoms with Gasteiger partial charge in [-0.3, -0.25) is 9.59 Å². The van der Waals surface area contributed by atoms with E-state index in [0.717, 1.165) is 16.7 Å². The van der Waals surface area contributed by atoms with Gasteiger partial charge in [0.1, 0.15) is 5.58 Å². The Hall–Kier alpha value is -2.77. The predicted octanol–water partition coefficient (Wildman–Crippen LogP) is 4.38. The first-order chi connectivity index (χ1) is 13.6. The van der Waals surface area contributed by atoms with Crippen molar-refractivity contribution in [3.8, 4) is 0 Å². The molecule has 1 aromatic heterocycles. The Labute approximate surface area is 166 Å². The highest BCUT2D eigenvalue weighted by Gasteiger charge is 2.23. The molecule has 1 aliphatic rings. The summed E-state index contributed by atoms with van der Waals surface area (Å²) in [4.78, 5) is 25.8. The second kappa shape index (κ2) is 8.08. The van der Waals surface area contributed by atoms with Crippen molar-refractivity contribution in [1.29, 1.82) is 0 Å². The SMILES string of the molecule is CSc1ccc(NC(=O)c2cc3cc(NC(=O)C4CCOC4)ccc3o2)cc1. The Morgan fingerprint density at radius 2 is 1.82 bits per heavy atom. The first kappa shape index (κ1) is 18.6. The molecule has 1 atom stereocenters. The van der Waals surface area contributed by atoms with E-state index in [1.54, 1.807) is 36.0 Å². The van der Waals surface area contributed by atoms with Crippen LogP contribution in [0.4, 0.5) is 11.4 Å². The van der Waals surface area contributed by atoms with Crippen LogP contribution < -0.4 is 10.6 Å². The van der Waals surface area contributed by atoms with E-state index in [9.17, 15) is 9.59 Å². The molecule has 2 N–H and O–H groups in total. The van der Waals surface area contributed by atoms with E-state index in [2.05, 4.69) is 10.6 Å². The van der Waals surface area contributed by atoms with Crippen LogP contribution in [-0.2, 0) is 9.53 Å². The molecule has 0 saturated carbocycles. The number of benzene rings is 2. The maximum Gasteiger partial charge on any atom is 0.291 e. The average Bonchev–Trinajstić information content (AvgIpc) is 3.38. The summed E-state index contributed by atoms with van der Waals surface area (Å²) in [6.07, 6.45) is 2.74. The molecule has 3 aromatic rings. The number of hydrogen-bond donors (Lipinski definition) is 2. The number of anilines is 2. The Kier molecular flexibility index (Phi) is 5.36. The van der Waals surface area contributed by atoms with Crippen molar-refractivity contribution < 1.29 is 18.7 Å². The van der Waals surface area contributed by atoms with Crippen LogP contribution in [0.5, 0.6) is 0 Å². The fraction of sp³-hybridized carbons (Fsp3) is 0.238. The number of carbonyl (C=O) groups excluding carboxylic acids is 2. The summed E-state index contributed by atoms with van der Waals surface area (Å²) in [7, 11) is 0. The molecule has 0 spiro atoms. The number of furan rings is 1. The summed E-state index contributed by atoms with van der Waals surface area (Å²) >= 11 is 1.64. The molecule has 6 nitrogen and oxygen atoms in total. The number of rotatable bonds is 5. The maximum absolute atomic E-state index is 12.5. The molecule has 0 bridgehead atoms. The Morgan fingerprint density at radius 3 is 2.54 bits per heavy atom. The van der Waals surface area contributed by atoms with E-state index < -0.39 is 0 Å². The summed E-state index contributed by atoms with van der Waals surface area (Å²) in [5.41, 5.74) is 1.96. The van der Waals surface area contributed by atoms with Crippen molar-refractivity contribution in [3.05, 3.63) is 54.3 Å². The fourth-order valence-electron chi connectivity index (χ4n) is 3.09. The van der Waals surface area contributed by atoms with Gasteiger partial charge in [-0.1, -0.05) is 0 Å². The third-order valence-corrected chi connectivity index (χ3v) is 5.40. The largest absolute Gasteiger partial charge is 0.451 e.